The Kier molecular flexibility index (Phi) is 2.25. The van der Waals surface area contributed by atoms with Gasteiger partial charge in [0.1, 0.15) is 6.61 Å². The van der Waals surface area contributed by atoms with Crippen molar-refractivity contribution in [1.29, 1.82) is 0 Å². The number of rotatable bonds is 1. The number of hydrogen-bond donors (Lipinski definition) is 2. The third kappa shape index (κ3) is 1.73. The molecule has 2 aromatic heterocycles. The Balaban J connectivity index is 2.11. The second-order valence-electron chi connectivity index (χ2n) is 3.63. The second-order valence-corrected chi connectivity index (χ2v) is 3.63. The van der Waals surface area contributed by atoms with Crippen LogP contribution in [0.3, 0.4) is 0 Å². The van der Waals surface area contributed by atoms with Crippen molar-refractivity contribution in [2.45, 2.75) is 0 Å². The molecule has 2 aromatic rings. The Bertz CT molecular complexity index is 543. The van der Waals surface area contributed by atoms with E-state index in [4.69, 9.17) is 10.5 Å². The highest BCUT2D eigenvalue weighted by Gasteiger charge is 2.17. The maximum Gasteiger partial charge on any atom is 0.204 e. The van der Waals surface area contributed by atoms with Crippen molar-refractivity contribution in [3.8, 4) is 17.1 Å². The minimum Gasteiger partial charge on any atom is -0.485 e. The first-order chi connectivity index (χ1) is 8.34. The molecule has 3 rings (SSSR count). The number of anilines is 2. The van der Waals surface area contributed by atoms with Crippen LogP contribution >= 0.6 is 0 Å². The Morgan fingerprint density at radius 1 is 1.35 bits per heavy atom. The summed E-state index contributed by atoms with van der Waals surface area (Å²) in [6.07, 6.45) is 3.40. The quantitative estimate of drug-likeness (QED) is 0.756. The highest BCUT2D eigenvalue weighted by atomic mass is 16.5. The number of nitrogens with one attached hydrogen (secondary N) is 1. The van der Waals surface area contributed by atoms with Gasteiger partial charge >= 0.3 is 0 Å². The van der Waals surface area contributed by atoms with E-state index >= 15 is 0 Å². The zero-order chi connectivity index (χ0) is 11.7. The van der Waals surface area contributed by atoms with Crippen molar-refractivity contribution in [3.63, 3.8) is 0 Å². The molecule has 0 spiro atoms. The van der Waals surface area contributed by atoms with E-state index in [0.29, 0.717) is 29.8 Å². The average Bonchev–Trinajstić information content (AvgIpc) is 2.40. The predicted octanol–water partition coefficient (Wildman–Crippen LogP) is 0.925. The van der Waals surface area contributed by atoms with Gasteiger partial charge in [0.25, 0.3) is 0 Å². The summed E-state index contributed by atoms with van der Waals surface area (Å²) < 4.78 is 5.42. The molecule has 1 aliphatic rings. The Hall–Kier alpha value is -2.37. The fourth-order valence-electron chi connectivity index (χ4n) is 1.68. The minimum atomic E-state index is 0.348. The van der Waals surface area contributed by atoms with Crippen molar-refractivity contribution in [1.82, 2.24) is 15.0 Å². The van der Waals surface area contributed by atoms with Crippen LogP contribution < -0.4 is 15.8 Å². The molecule has 0 amide bonds. The Morgan fingerprint density at radius 2 is 2.29 bits per heavy atom. The molecular weight excluding hydrogens is 218 g/mol. The van der Waals surface area contributed by atoms with Crippen molar-refractivity contribution in [3.05, 3.63) is 24.5 Å². The minimum absolute atomic E-state index is 0.348. The van der Waals surface area contributed by atoms with Gasteiger partial charge in [0.15, 0.2) is 17.5 Å². The van der Waals surface area contributed by atoms with E-state index in [9.17, 15) is 0 Å². The van der Waals surface area contributed by atoms with Crippen LogP contribution in [0.15, 0.2) is 24.5 Å². The average molecular weight is 229 g/mol. The number of nitrogen functional groups attached to an aromatic ring is 1. The van der Waals surface area contributed by atoms with Gasteiger partial charge in [-0.25, -0.2) is 9.97 Å². The van der Waals surface area contributed by atoms with E-state index in [2.05, 4.69) is 20.3 Å². The smallest absolute Gasteiger partial charge is 0.204 e. The lowest BCUT2D eigenvalue weighted by atomic mass is 10.2. The van der Waals surface area contributed by atoms with Crippen LogP contribution in [0.25, 0.3) is 11.4 Å². The van der Waals surface area contributed by atoms with Crippen LogP contribution in [0.2, 0.25) is 0 Å². The van der Waals surface area contributed by atoms with Gasteiger partial charge < -0.3 is 15.8 Å². The lowest BCUT2D eigenvalue weighted by molar-refractivity contribution is 0.322. The molecule has 86 valence electrons. The molecule has 0 saturated carbocycles. The molecule has 6 nitrogen and oxygen atoms in total. The van der Waals surface area contributed by atoms with Crippen molar-refractivity contribution in [2.24, 2.45) is 0 Å². The van der Waals surface area contributed by atoms with Crippen LogP contribution in [-0.4, -0.2) is 28.1 Å². The zero-order valence-corrected chi connectivity index (χ0v) is 9.05. The molecule has 0 aliphatic carbocycles. The third-order valence-corrected chi connectivity index (χ3v) is 2.45. The number of nitrogens with two attached hydrogens (primary N) is 1. The van der Waals surface area contributed by atoms with Gasteiger partial charge in [-0.2, -0.15) is 0 Å². The van der Waals surface area contributed by atoms with E-state index in [0.717, 1.165) is 12.1 Å². The van der Waals surface area contributed by atoms with E-state index in [1.54, 1.807) is 12.4 Å². The van der Waals surface area contributed by atoms with E-state index in [-0.39, 0.29) is 0 Å². The summed E-state index contributed by atoms with van der Waals surface area (Å²) >= 11 is 0. The number of nitrogens with zero attached hydrogens (tertiary/aromatic N) is 3. The number of hydrogen-bond acceptors (Lipinski definition) is 6. The molecule has 0 radical (unpaired) electrons. The number of pyridine rings is 1. The molecule has 0 aromatic carbocycles. The molecular formula is C11H11N5O. The normalized spacial score (nSPS) is 13.4. The van der Waals surface area contributed by atoms with Crippen LogP contribution in [-0.2, 0) is 0 Å². The summed E-state index contributed by atoms with van der Waals surface area (Å²) in [5, 5.41) is 3.14. The van der Waals surface area contributed by atoms with Gasteiger partial charge in [0.05, 0.1) is 6.54 Å². The topological polar surface area (TPSA) is 86.0 Å². The molecule has 0 saturated heterocycles. The molecule has 0 unspecified atom stereocenters. The highest BCUT2D eigenvalue weighted by Crippen LogP contribution is 2.32. The van der Waals surface area contributed by atoms with Gasteiger partial charge in [-0.05, 0) is 12.1 Å². The van der Waals surface area contributed by atoms with Gasteiger partial charge in [-0.3, -0.25) is 4.98 Å². The fraction of sp³-hybridized carbons (Fsp3) is 0.182. The Labute approximate surface area is 97.9 Å². The molecule has 3 N–H and O–H groups in total. The molecule has 1 aliphatic heterocycles. The molecule has 0 atom stereocenters. The first-order valence-corrected chi connectivity index (χ1v) is 5.29. The predicted molar refractivity (Wildman–Crippen MR) is 63.7 cm³/mol. The summed E-state index contributed by atoms with van der Waals surface area (Å²) in [5.41, 5.74) is 6.67. The highest BCUT2D eigenvalue weighted by molar-refractivity contribution is 5.68. The molecule has 0 bridgehead atoms. The van der Waals surface area contributed by atoms with E-state index in [1.165, 1.54) is 0 Å². The maximum atomic E-state index is 5.84. The maximum absolute atomic E-state index is 5.84. The Morgan fingerprint density at radius 3 is 3.12 bits per heavy atom. The zero-order valence-electron chi connectivity index (χ0n) is 9.05. The van der Waals surface area contributed by atoms with Gasteiger partial charge in [0, 0.05) is 18.0 Å². The van der Waals surface area contributed by atoms with Gasteiger partial charge in [-0.1, -0.05) is 0 Å². The van der Waals surface area contributed by atoms with Crippen molar-refractivity contribution < 1.29 is 4.74 Å². The van der Waals surface area contributed by atoms with E-state index in [1.807, 2.05) is 12.1 Å². The van der Waals surface area contributed by atoms with Crippen molar-refractivity contribution >= 4 is 11.6 Å². The number of aromatic nitrogens is 3. The summed E-state index contributed by atoms with van der Waals surface area (Å²) in [5.74, 6) is 2.07. The SMILES string of the molecule is Nc1nc(-c2cccnc2)nc2c1OCCN2. The lowest BCUT2D eigenvalue weighted by Gasteiger charge is -2.19. The summed E-state index contributed by atoms with van der Waals surface area (Å²) in [7, 11) is 0. The summed E-state index contributed by atoms with van der Waals surface area (Å²) in [4.78, 5) is 12.6. The lowest BCUT2D eigenvalue weighted by Crippen LogP contribution is -2.21. The largest absolute Gasteiger partial charge is 0.485 e. The molecule has 0 fully saturated rings. The third-order valence-electron chi connectivity index (χ3n) is 2.45. The van der Waals surface area contributed by atoms with Crippen LogP contribution in [0.5, 0.6) is 5.75 Å². The van der Waals surface area contributed by atoms with Crippen LogP contribution in [0.1, 0.15) is 0 Å². The number of ether oxygens (including phenoxy) is 1. The fourth-order valence-corrected chi connectivity index (χ4v) is 1.68. The monoisotopic (exact) mass is 229 g/mol. The summed E-state index contributed by atoms with van der Waals surface area (Å²) in [6.45, 7) is 1.29. The second kappa shape index (κ2) is 3.89. The van der Waals surface area contributed by atoms with Crippen LogP contribution in [0.4, 0.5) is 11.6 Å². The molecule has 6 heteroatoms. The number of fused-ring (bicyclic) bond motifs is 1. The van der Waals surface area contributed by atoms with E-state index < -0.39 is 0 Å². The van der Waals surface area contributed by atoms with Gasteiger partial charge in [-0.15, -0.1) is 0 Å². The molecule has 3 heterocycles. The van der Waals surface area contributed by atoms with Gasteiger partial charge in [0.2, 0.25) is 5.75 Å². The van der Waals surface area contributed by atoms with Crippen molar-refractivity contribution in [2.75, 3.05) is 24.2 Å². The first kappa shape index (κ1) is 9.83. The molecule has 17 heavy (non-hydrogen) atoms. The van der Waals surface area contributed by atoms with Crippen LogP contribution in [0, 0.1) is 0 Å². The first-order valence-electron chi connectivity index (χ1n) is 5.29. The standard InChI is InChI=1S/C11H11N5O/c12-9-8-11(14-4-5-17-8)16-10(15-9)7-2-1-3-13-6-7/h1-3,6H,4-5H2,(H3,12,14,15,16). The summed E-state index contributed by atoms with van der Waals surface area (Å²) in [6, 6.07) is 3.72.